The molecular weight excluding hydrogens is 420 g/mol. The Bertz CT molecular complexity index is 1080. The summed E-state index contributed by atoms with van der Waals surface area (Å²) in [6.07, 6.45) is 3.19. The molecule has 2 aromatic carbocycles. The monoisotopic (exact) mass is 444 g/mol. The first-order valence-electron chi connectivity index (χ1n) is 10.2. The number of aryl methyl sites for hydroxylation is 2. The van der Waals surface area contributed by atoms with E-state index in [1.807, 2.05) is 18.2 Å². The molecule has 31 heavy (non-hydrogen) atoms. The number of rotatable bonds is 6. The number of benzene rings is 2. The fraction of sp³-hybridized carbons (Fsp3) is 0.364. The van der Waals surface area contributed by atoms with Gasteiger partial charge in [0.05, 0.1) is 23.7 Å². The molecule has 1 aliphatic carbocycles. The van der Waals surface area contributed by atoms with Gasteiger partial charge in [0.2, 0.25) is 10.0 Å². The predicted octanol–water partition coefficient (Wildman–Crippen LogP) is 1.99. The third kappa shape index (κ3) is 4.95. The summed E-state index contributed by atoms with van der Waals surface area (Å²) in [5.74, 6) is -1.13. The fourth-order valence-electron chi connectivity index (χ4n) is 3.76. The van der Waals surface area contributed by atoms with E-state index in [-0.39, 0.29) is 10.5 Å². The summed E-state index contributed by atoms with van der Waals surface area (Å²) in [6, 6.07) is 11.3. The zero-order valence-corrected chi connectivity index (χ0v) is 17.8. The summed E-state index contributed by atoms with van der Waals surface area (Å²) in [5.41, 5.74) is 3.40. The quantitative estimate of drug-likeness (QED) is 0.684. The summed E-state index contributed by atoms with van der Waals surface area (Å²) in [5, 5.41) is 2.73. The van der Waals surface area contributed by atoms with Crippen LogP contribution >= 0.6 is 0 Å². The van der Waals surface area contributed by atoms with Gasteiger partial charge in [-0.05, 0) is 66.8 Å². The molecule has 1 amide bonds. The number of anilines is 1. The molecule has 1 aliphatic heterocycles. The lowest BCUT2D eigenvalue weighted by molar-refractivity contribution is -0.119. The minimum atomic E-state index is -3.63. The molecule has 0 spiro atoms. The van der Waals surface area contributed by atoms with Crippen LogP contribution in [-0.2, 0) is 37.1 Å². The number of amides is 1. The molecule has 9 heteroatoms. The molecule has 0 atom stereocenters. The predicted molar refractivity (Wildman–Crippen MR) is 113 cm³/mol. The molecule has 0 aromatic heterocycles. The average Bonchev–Trinajstić information content (AvgIpc) is 3.26. The number of esters is 1. The summed E-state index contributed by atoms with van der Waals surface area (Å²) < 4.78 is 36.9. The van der Waals surface area contributed by atoms with Crippen molar-refractivity contribution in [1.29, 1.82) is 0 Å². The Morgan fingerprint density at radius 2 is 1.71 bits per heavy atom. The standard InChI is InChI=1S/C22H24N2O6S/c25-21(23-19-7-4-16-2-1-3-18(16)14-19)15-30-22(26)17-5-8-20(9-6-17)31(27,28)24-10-12-29-13-11-24/h4-9,14H,1-3,10-13,15H2,(H,23,25). The van der Waals surface area contributed by atoms with Gasteiger partial charge in [-0.15, -0.1) is 0 Å². The molecule has 4 rings (SSSR count). The molecule has 164 valence electrons. The van der Waals surface area contributed by atoms with Crippen LogP contribution in [0.4, 0.5) is 5.69 Å². The number of fused-ring (bicyclic) bond motifs is 1. The first-order valence-corrected chi connectivity index (χ1v) is 11.6. The molecule has 0 unspecified atom stereocenters. The smallest absolute Gasteiger partial charge is 0.338 e. The lowest BCUT2D eigenvalue weighted by Crippen LogP contribution is -2.40. The van der Waals surface area contributed by atoms with E-state index in [0.717, 1.165) is 19.3 Å². The van der Waals surface area contributed by atoms with Gasteiger partial charge in [-0.3, -0.25) is 4.79 Å². The van der Waals surface area contributed by atoms with Crippen LogP contribution in [0.2, 0.25) is 0 Å². The molecule has 0 radical (unpaired) electrons. The highest BCUT2D eigenvalue weighted by molar-refractivity contribution is 7.89. The van der Waals surface area contributed by atoms with Crippen molar-refractivity contribution in [3.8, 4) is 0 Å². The second-order valence-electron chi connectivity index (χ2n) is 7.50. The Morgan fingerprint density at radius 3 is 2.45 bits per heavy atom. The Kier molecular flexibility index (Phi) is 6.35. The van der Waals surface area contributed by atoms with Crippen molar-refractivity contribution >= 4 is 27.6 Å². The number of ether oxygens (including phenoxy) is 2. The summed E-state index contributed by atoms with van der Waals surface area (Å²) >= 11 is 0. The summed E-state index contributed by atoms with van der Waals surface area (Å²) in [6.45, 7) is 0.884. The van der Waals surface area contributed by atoms with Crippen LogP contribution in [-0.4, -0.2) is 57.5 Å². The Labute approximate surface area is 181 Å². The number of carbonyl (C=O) groups is 2. The van der Waals surface area contributed by atoms with Crippen molar-refractivity contribution in [2.75, 3.05) is 38.2 Å². The van der Waals surface area contributed by atoms with Crippen LogP contribution in [0.25, 0.3) is 0 Å². The van der Waals surface area contributed by atoms with Crippen molar-refractivity contribution in [2.24, 2.45) is 0 Å². The summed E-state index contributed by atoms with van der Waals surface area (Å²) in [4.78, 5) is 24.5. The third-order valence-corrected chi connectivity index (χ3v) is 7.33. The van der Waals surface area contributed by atoms with Crippen LogP contribution in [0.5, 0.6) is 0 Å². The Hall–Kier alpha value is -2.75. The van der Waals surface area contributed by atoms with Gasteiger partial charge in [-0.2, -0.15) is 4.31 Å². The highest BCUT2D eigenvalue weighted by atomic mass is 32.2. The van der Waals surface area contributed by atoms with Gasteiger partial charge in [0, 0.05) is 18.8 Å². The van der Waals surface area contributed by atoms with Crippen LogP contribution in [0.3, 0.4) is 0 Å². The number of hydrogen-bond acceptors (Lipinski definition) is 6. The van der Waals surface area contributed by atoms with Crippen LogP contribution in [0.15, 0.2) is 47.4 Å². The minimum absolute atomic E-state index is 0.0975. The maximum Gasteiger partial charge on any atom is 0.338 e. The second-order valence-corrected chi connectivity index (χ2v) is 9.44. The molecule has 1 heterocycles. The van der Waals surface area contributed by atoms with E-state index < -0.39 is 28.5 Å². The number of carbonyl (C=O) groups excluding carboxylic acids is 2. The second kappa shape index (κ2) is 9.17. The molecule has 2 aromatic rings. The van der Waals surface area contributed by atoms with Crippen LogP contribution in [0, 0.1) is 0 Å². The van der Waals surface area contributed by atoms with Crippen LogP contribution < -0.4 is 5.32 Å². The molecule has 2 aliphatic rings. The highest BCUT2D eigenvalue weighted by Crippen LogP contribution is 2.25. The minimum Gasteiger partial charge on any atom is -0.452 e. The third-order valence-electron chi connectivity index (χ3n) is 5.41. The van der Waals surface area contributed by atoms with Gasteiger partial charge >= 0.3 is 5.97 Å². The molecule has 1 saturated heterocycles. The van der Waals surface area contributed by atoms with Gasteiger partial charge < -0.3 is 14.8 Å². The van der Waals surface area contributed by atoms with E-state index in [0.29, 0.717) is 32.0 Å². The summed E-state index contributed by atoms with van der Waals surface area (Å²) in [7, 11) is -3.63. The van der Waals surface area contributed by atoms with Crippen molar-refractivity contribution < 1.29 is 27.5 Å². The van der Waals surface area contributed by atoms with Crippen LogP contribution in [0.1, 0.15) is 27.9 Å². The van der Waals surface area contributed by atoms with E-state index in [1.165, 1.54) is 39.7 Å². The fourth-order valence-corrected chi connectivity index (χ4v) is 5.17. The first kappa shape index (κ1) is 21.5. The number of nitrogens with one attached hydrogen (secondary N) is 1. The topological polar surface area (TPSA) is 102 Å². The van der Waals surface area contributed by atoms with E-state index in [4.69, 9.17) is 9.47 Å². The van der Waals surface area contributed by atoms with Gasteiger partial charge in [0.1, 0.15) is 0 Å². The van der Waals surface area contributed by atoms with Crippen molar-refractivity contribution in [3.05, 3.63) is 59.2 Å². The first-order chi connectivity index (χ1) is 14.9. The zero-order chi connectivity index (χ0) is 21.8. The maximum atomic E-state index is 12.6. The van der Waals surface area contributed by atoms with Crippen molar-refractivity contribution in [3.63, 3.8) is 0 Å². The SMILES string of the molecule is O=C(COC(=O)c1ccc(S(=O)(=O)N2CCOCC2)cc1)Nc1ccc2c(c1)CCC2. The average molecular weight is 445 g/mol. The normalized spacial score (nSPS) is 16.5. The lowest BCUT2D eigenvalue weighted by Gasteiger charge is -2.26. The van der Waals surface area contributed by atoms with E-state index in [2.05, 4.69) is 5.32 Å². The van der Waals surface area contributed by atoms with Gasteiger partial charge in [-0.25, -0.2) is 13.2 Å². The zero-order valence-electron chi connectivity index (χ0n) is 17.0. The van der Waals surface area contributed by atoms with Crippen molar-refractivity contribution in [2.45, 2.75) is 24.2 Å². The number of hydrogen-bond donors (Lipinski definition) is 1. The van der Waals surface area contributed by atoms with Gasteiger partial charge in [0.15, 0.2) is 6.61 Å². The van der Waals surface area contributed by atoms with E-state index in [9.17, 15) is 18.0 Å². The molecule has 1 N–H and O–H groups in total. The molecule has 0 saturated carbocycles. The Balaban J connectivity index is 1.32. The number of sulfonamides is 1. The van der Waals surface area contributed by atoms with E-state index in [1.54, 1.807) is 0 Å². The number of morpholine rings is 1. The Morgan fingerprint density at radius 1 is 1.00 bits per heavy atom. The van der Waals surface area contributed by atoms with Gasteiger partial charge in [0.25, 0.3) is 5.91 Å². The van der Waals surface area contributed by atoms with E-state index >= 15 is 0 Å². The molecule has 0 bridgehead atoms. The molecular formula is C22H24N2O6S. The molecule has 8 nitrogen and oxygen atoms in total. The number of nitrogens with zero attached hydrogens (tertiary/aromatic N) is 1. The van der Waals surface area contributed by atoms with Gasteiger partial charge in [-0.1, -0.05) is 6.07 Å². The molecule has 1 fully saturated rings. The largest absolute Gasteiger partial charge is 0.452 e. The lowest BCUT2D eigenvalue weighted by atomic mass is 10.1. The van der Waals surface area contributed by atoms with Crippen molar-refractivity contribution in [1.82, 2.24) is 4.31 Å². The maximum absolute atomic E-state index is 12.6. The highest BCUT2D eigenvalue weighted by Gasteiger charge is 2.26.